The van der Waals surface area contributed by atoms with Crippen molar-refractivity contribution in [2.24, 2.45) is 0 Å². The highest BCUT2D eigenvalue weighted by Gasteiger charge is 2.04. The summed E-state index contributed by atoms with van der Waals surface area (Å²) in [4.78, 5) is 0. The van der Waals surface area contributed by atoms with E-state index in [1.165, 1.54) is 6.21 Å². The van der Waals surface area contributed by atoms with Gasteiger partial charge in [0.2, 0.25) is 0 Å². The molecular weight excluding hydrogens is 102 g/mol. The van der Waals surface area contributed by atoms with E-state index in [1.807, 2.05) is 6.08 Å². The fourth-order valence-electron chi connectivity index (χ4n) is 0.676. The summed E-state index contributed by atoms with van der Waals surface area (Å²) in [7, 11) is 0. The van der Waals surface area contributed by atoms with E-state index in [2.05, 4.69) is 0 Å². The van der Waals surface area contributed by atoms with Gasteiger partial charge in [-0.05, 0) is 18.9 Å². The lowest BCUT2D eigenvalue weighted by molar-refractivity contribution is 0.184. The van der Waals surface area contributed by atoms with Crippen molar-refractivity contribution in [1.29, 1.82) is 5.41 Å². The van der Waals surface area contributed by atoms with Gasteiger partial charge in [-0.3, -0.25) is 0 Å². The molecule has 0 aliphatic carbocycles. The highest BCUT2D eigenvalue weighted by molar-refractivity contribution is 5.59. The van der Waals surface area contributed by atoms with E-state index in [0.717, 1.165) is 12.8 Å². The van der Waals surface area contributed by atoms with Crippen LogP contribution in [-0.4, -0.2) is 12.3 Å². The first-order valence-corrected chi connectivity index (χ1v) is 2.74. The van der Waals surface area contributed by atoms with Crippen LogP contribution in [0.3, 0.4) is 0 Å². The summed E-state index contributed by atoms with van der Waals surface area (Å²) >= 11 is 0. The van der Waals surface area contributed by atoms with Gasteiger partial charge in [-0.1, -0.05) is 0 Å². The third-order valence-electron chi connectivity index (χ3n) is 1.15. The van der Waals surface area contributed by atoms with Gasteiger partial charge in [0.15, 0.2) is 0 Å². The molecule has 44 valence electrons. The van der Waals surface area contributed by atoms with Crippen molar-refractivity contribution in [1.82, 2.24) is 0 Å². The molecule has 0 saturated heterocycles. The third-order valence-corrected chi connectivity index (χ3v) is 1.15. The molecule has 0 spiro atoms. The molecular formula is C6H9NO. The zero-order valence-electron chi connectivity index (χ0n) is 4.63. The molecule has 0 aromatic carbocycles. The molecule has 0 radical (unpaired) electrons. The average molecular weight is 111 g/mol. The molecule has 0 aromatic heterocycles. The van der Waals surface area contributed by atoms with Crippen molar-refractivity contribution >= 4 is 6.21 Å². The van der Waals surface area contributed by atoms with Crippen LogP contribution in [0.15, 0.2) is 12.3 Å². The van der Waals surface area contributed by atoms with E-state index in [0.29, 0.717) is 0 Å². The number of hydrogen-bond acceptors (Lipinski definition) is 2. The number of rotatable bonds is 1. The molecule has 0 amide bonds. The minimum absolute atomic E-state index is 0.0417. The predicted molar refractivity (Wildman–Crippen MR) is 32.0 cm³/mol. The zero-order chi connectivity index (χ0) is 5.82. The summed E-state index contributed by atoms with van der Waals surface area (Å²) in [5.74, 6) is 0. The Kier molecular flexibility index (Phi) is 1.67. The van der Waals surface area contributed by atoms with Crippen molar-refractivity contribution in [3.8, 4) is 0 Å². The largest absolute Gasteiger partial charge is 0.493 e. The minimum atomic E-state index is 0.0417. The van der Waals surface area contributed by atoms with Gasteiger partial charge in [-0.15, -0.1) is 0 Å². The molecule has 8 heavy (non-hydrogen) atoms. The Hall–Kier alpha value is -0.790. The van der Waals surface area contributed by atoms with Crippen LogP contribution in [0.25, 0.3) is 0 Å². The first-order valence-electron chi connectivity index (χ1n) is 2.74. The van der Waals surface area contributed by atoms with E-state index in [-0.39, 0.29) is 6.10 Å². The van der Waals surface area contributed by atoms with Crippen molar-refractivity contribution in [3.63, 3.8) is 0 Å². The standard InChI is InChI=1S/C6H9NO/c7-5-6-3-1-2-4-8-6/h2,4-7H,1,3H2. The molecule has 1 aliphatic heterocycles. The summed E-state index contributed by atoms with van der Waals surface area (Å²) < 4.78 is 5.00. The Balaban J connectivity index is 2.37. The van der Waals surface area contributed by atoms with Crippen LogP contribution in [0.4, 0.5) is 0 Å². The van der Waals surface area contributed by atoms with Crippen LogP contribution in [0.2, 0.25) is 0 Å². The summed E-state index contributed by atoms with van der Waals surface area (Å²) in [6, 6.07) is 0. The van der Waals surface area contributed by atoms with Crippen molar-refractivity contribution in [3.05, 3.63) is 12.3 Å². The second kappa shape index (κ2) is 2.50. The monoisotopic (exact) mass is 111 g/mol. The molecule has 0 fully saturated rings. The number of ether oxygens (including phenoxy) is 1. The van der Waals surface area contributed by atoms with Gasteiger partial charge in [0, 0.05) is 6.21 Å². The summed E-state index contributed by atoms with van der Waals surface area (Å²) in [6.07, 6.45) is 7.02. The first kappa shape index (κ1) is 5.35. The van der Waals surface area contributed by atoms with E-state index >= 15 is 0 Å². The Bertz CT molecular complexity index is 109. The number of hydrogen-bond donors (Lipinski definition) is 1. The van der Waals surface area contributed by atoms with Crippen LogP contribution in [0, 0.1) is 5.41 Å². The molecule has 1 heterocycles. The van der Waals surface area contributed by atoms with Gasteiger partial charge in [0.1, 0.15) is 6.10 Å². The molecule has 1 N–H and O–H groups in total. The van der Waals surface area contributed by atoms with Gasteiger partial charge in [-0.25, -0.2) is 0 Å². The molecule has 0 aromatic rings. The van der Waals surface area contributed by atoms with Gasteiger partial charge < -0.3 is 10.1 Å². The van der Waals surface area contributed by atoms with E-state index < -0.39 is 0 Å². The van der Waals surface area contributed by atoms with Gasteiger partial charge in [0.25, 0.3) is 0 Å². The van der Waals surface area contributed by atoms with Crippen LogP contribution < -0.4 is 0 Å². The molecule has 1 unspecified atom stereocenters. The third kappa shape index (κ3) is 1.09. The van der Waals surface area contributed by atoms with Crippen LogP contribution in [0.1, 0.15) is 12.8 Å². The molecule has 2 nitrogen and oxygen atoms in total. The second-order valence-electron chi connectivity index (χ2n) is 1.79. The van der Waals surface area contributed by atoms with E-state index in [1.54, 1.807) is 6.26 Å². The average Bonchev–Trinajstić information content (AvgIpc) is 1.90. The molecule has 1 atom stereocenters. The second-order valence-corrected chi connectivity index (χ2v) is 1.79. The maximum Gasteiger partial charge on any atom is 0.132 e. The van der Waals surface area contributed by atoms with Crippen molar-refractivity contribution in [2.45, 2.75) is 18.9 Å². The molecule has 2 heteroatoms. The maximum atomic E-state index is 6.81. The smallest absolute Gasteiger partial charge is 0.132 e. The first-order chi connectivity index (χ1) is 3.93. The Morgan fingerprint density at radius 3 is 3.00 bits per heavy atom. The lowest BCUT2D eigenvalue weighted by Crippen LogP contribution is -2.12. The highest BCUT2D eigenvalue weighted by Crippen LogP contribution is 2.06. The fourth-order valence-corrected chi connectivity index (χ4v) is 0.676. The molecule has 0 bridgehead atoms. The van der Waals surface area contributed by atoms with Gasteiger partial charge in [-0.2, -0.15) is 0 Å². The number of nitrogens with one attached hydrogen (secondary N) is 1. The van der Waals surface area contributed by atoms with Gasteiger partial charge in [0.05, 0.1) is 6.26 Å². The Morgan fingerprint density at radius 2 is 2.62 bits per heavy atom. The topological polar surface area (TPSA) is 33.1 Å². The van der Waals surface area contributed by atoms with Crippen LogP contribution in [0.5, 0.6) is 0 Å². The minimum Gasteiger partial charge on any atom is -0.493 e. The molecule has 0 saturated carbocycles. The SMILES string of the molecule is N=CC1CCC=CO1. The van der Waals surface area contributed by atoms with E-state index in [9.17, 15) is 0 Å². The quantitative estimate of drug-likeness (QED) is 0.509. The maximum absolute atomic E-state index is 6.81. The Labute approximate surface area is 48.7 Å². The van der Waals surface area contributed by atoms with Gasteiger partial charge >= 0.3 is 0 Å². The summed E-state index contributed by atoms with van der Waals surface area (Å²) in [5.41, 5.74) is 0. The van der Waals surface area contributed by atoms with Crippen LogP contribution in [-0.2, 0) is 4.74 Å². The Morgan fingerprint density at radius 1 is 1.75 bits per heavy atom. The highest BCUT2D eigenvalue weighted by atomic mass is 16.5. The number of allylic oxidation sites excluding steroid dienone is 1. The van der Waals surface area contributed by atoms with Crippen molar-refractivity contribution < 1.29 is 4.74 Å². The van der Waals surface area contributed by atoms with Crippen molar-refractivity contribution in [2.75, 3.05) is 0 Å². The lowest BCUT2D eigenvalue weighted by Gasteiger charge is -2.13. The zero-order valence-corrected chi connectivity index (χ0v) is 4.63. The van der Waals surface area contributed by atoms with Crippen LogP contribution >= 0.6 is 0 Å². The lowest BCUT2D eigenvalue weighted by atomic mass is 10.2. The normalized spacial score (nSPS) is 26.8. The van der Waals surface area contributed by atoms with E-state index in [4.69, 9.17) is 10.1 Å². The summed E-state index contributed by atoms with van der Waals surface area (Å²) in [6.45, 7) is 0. The predicted octanol–water partition coefficient (Wildman–Crippen LogP) is 1.33. The molecule has 1 aliphatic rings. The fraction of sp³-hybridized carbons (Fsp3) is 0.500. The summed E-state index contributed by atoms with van der Waals surface area (Å²) in [5, 5.41) is 6.81. The molecule has 1 rings (SSSR count).